The summed E-state index contributed by atoms with van der Waals surface area (Å²) in [5, 5.41) is 12.7. The van der Waals surface area contributed by atoms with Gasteiger partial charge in [0.2, 0.25) is 0 Å². The quantitative estimate of drug-likeness (QED) is 0.537. The summed E-state index contributed by atoms with van der Waals surface area (Å²) in [5.41, 5.74) is -0.0926. The molecule has 1 atom stereocenters. The van der Waals surface area contributed by atoms with Gasteiger partial charge in [0.25, 0.3) is 0 Å². The Morgan fingerprint density at radius 2 is 1.86 bits per heavy atom. The second-order valence-electron chi connectivity index (χ2n) is 4.67. The summed E-state index contributed by atoms with van der Waals surface area (Å²) < 4.78 is 10.5. The van der Waals surface area contributed by atoms with Gasteiger partial charge in [-0.1, -0.05) is 18.2 Å². The average molecular weight is 283 g/mol. The van der Waals surface area contributed by atoms with E-state index < -0.39 is 17.7 Å². The fourth-order valence-electron chi connectivity index (χ4n) is 2.19. The third-order valence-electron chi connectivity index (χ3n) is 3.24. The Balaban J connectivity index is 2.17. The molecule has 21 heavy (non-hydrogen) atoms. The van der Waals surface area contributed by atoms with E-state index >= 15 is 0 Å². The molecule has 5 heteroatoms. The third-order valence-corrected chi connectivity index (χ3v) is 3.24. The Kier molecular flexibility index (Phi) is 3.10. The van der Waals surface area contributed by atoms with Crippen LogP contribution in [0.2, 0.25) is 0 Å². The Morgan fingerprint density at radius 1 is 1.14 bits per heavy atom. The molecule has 0 fully saturated rings. The summed E-state index contributed by atoms with van der Waals surface area (Å²) in [6, 6.07) is 12.0. The highest BCUT2D eigenvalue weighted by molar-refractivity contribution is 6.04. The van der Waals surface area contributed by atoms with Crippen LogP contribution < -0.4 is 15.5 Å². The van der Waals surface area contributed by atoms with Crippen molar-refractivity contribution in [1.82, 2.24) is 0 Å². The fourth-order valence-corrected chi connectivity index (χ4v) is 2.19. The van der Waals surface area contributed by atoms with Gasteiger partial charge in [-0.25, -0.2) is 4.79 Å². The van der Waals surface area contributed by atoms with E-state index in [9.17, 15) is 14.7 Å². The van der Waals surface area contributed by atoms with Gasteiger partial charge in [0.1, 0.15) is 17.4 Å². The number of hydrogen-bond donors (Lipinski definition) is 0. The normalized spacial score (nSPS) is 12.4. The summed E-state index contributed by atoms with van der Waals surface area (Å²) in [7, 11) is 0. The molecule has 0 spiro atoms. The Hall–Kier alpha value is -2.82. The molecule has 3 aromatic rings. The smallest absolute Gasteiger partial charge is 0.344 e. The Morgan fingerprint density at radius 3 is 2.57 bits per heavy atom. The molecule has 3 rings (SSSR count). The minimum absolute atomic E-state index is 0.303. The summed E-state index contributed by atoms with van der Waals surface area (Å²) >= 11 is 0. The molecule has 106 valence electrons. The summed E-state index contributed by atoms with van der Waals surface area (Å²) in [4.78, 5) is 22.6. The van der Waals surface area contributed by atoms with Gasteiger partial charge in [-0.2, -0.15) is 0 Å². The number of hydrogen-bond acceptors (Lipinski definition) is 5. The van der Waals surface area contributed by atoms with E-state index in [0.717, 1.165) is 10.8 Å². The highest BCUT2D eigenvalue weighted by Gasteiger charge is 2.10. The minimum atomic E-state index is -1.31. The largest absolute Gasteiger partial charge is 0.546 e. The Bertz CT molecular complexity index is 894. The van der Waals surface area contributed by atoms with Crippen molar-refractivity contribution in [2.24, 2.45) is 0 Å². The zero-order valence-electron chi connectivity index (χ0n) is 11.2. The predicted octanol–water partition coefficient (Wildman–Crippen LogP) is 1.46. The van der Waals surface area contributed by atoms with Crippen molar-refractivity contribution < 1.29 is 19.1 Å². The van der Waals surface area contributed by atoms with Gasteiger partial charge >= 0.3 is 5.63 Å². The topological polar surface area (TPSA) is 79.6 Å². The van der Waals surface area contributed by atoms with E-state index in [1.54, 1.807) is 24.3 Å². The molecule has 0 aliphatic heterocycles. The van der Waals surface area contributed by atoms with E-state index in [1.807, 2.05) is 12.1 Å². The molecule has 0 bridgehead atoms. The van der Waals surface area contributed by atoms with Gasteiger partial charge in [0, 0.05) is 11.5 Å². The van der Waals surface area contributed by atoms with E-state index in [2.05, 4.69) is 0 Å². The van der Waals surface area contributed by atoms with Gasteiger partial charge in [0.05, 0.1) is 11.4 Å². The first-order chi connectivity index (χ1) is 10.1. The number of carboxylic acid groups (broad SMARTS) is 1. The molecule has 0 saturated carbocycles. The van der Waals surface area contributed by atoms with Crippen LogP contribution in [0.25, 0.3) is 21.7 Å². The number of aliphatic carboxylic acids is 1. The van der Waals surface area contributed by atoms with Gasteiger partial charge in [-0.3, -0.25) is 0 Å². The molecule has 0 aliphatic carbocycles. The Labute approximate surface area is 119 Å². The zero-order chi connectivity index (χ0) is 15.0. The van der Waals surface area contributed by atoms with Crippen LogP contribution >= 0.6 is 0 Å². The van der Waals surface area contributed by atoms with Gasteiger partial charge in [-0.15, -0.1) is 0 Å². The van der Waals surface area contributed by atoms with E-state index in [1.165, 1.54) is 13.0 Å². The van der Waals surface area contributed by atoms with Crippen LogP contribution in [-0.2, 0) is 4.79 Å². The average Bonchev–Trinajstić information content (AvgIpc) is 2.47. The molecule has 1 aromatic heterocycles. The number of benzene rings is 2. The first-order valence-corrected chi connectivity index (χ1v) is 6.39. The van der Waals surface area contributed by atoms with E-state index in [-0.39, 0.29) is 0 Å². The van der Waals surface area contributed by atoms with Crippen molar-refractivity contribution in [3.05, 3.63) is 52.9 Å². The number of rotatable bonds is 3. The second-order valence-corrected chi connectivity index (χ2v) is 4.67. The maximum atomic E-state index is 11.9. The summed E-state index contributed by atoms with van der Waals surface area (Å²) in [5.74, 6) is -1.01. The lowest BCUT2D eigenvalue weighted by Crippen LogP contribution is -2.37. The van der Waals surface area contributed by atoms with Crippen LogP contribution in [0, 0.1) is 0 Å². The van der Waals surface area contributed by atoms with Crippen molar-refractivity contribution >= 4 is 27.7 Å². The molecule has 0 amide bonds. The third kappa shape index (κ3) is 2.33. The van der Waals surface area contributed by atoms with Gasteiger partial charge < -0.3 is 19.1 Å². The summed E-state index contributed by atoms with van der Waals surface area (Å²) in [6.07, 6.45) is -1.09. The lowest BCUT2D eigenvalue weighted by molar-refractivity contribution is -0.312. The van der Waals surface area contributed by atoms with Crippen LogP contribution in [-0.4, -0.2) is 12.1 Å². The molecular weight excluding hydrogens is 272 g/mol. The lowest BCUT2D eigenvalue weighted by Gasteiger charge is -2.15. The maximum Gasteiger partial charge on any atom is 0.344 e. The number of carbonyl (C=O) groups is 1. The molecule has 0 saturated heterocycles. The van der Waals surface area contributed by atoms with Crippen molar-refractivity contribution in [2.75, 3.05) is 0 Å². The molecule has 2 aromatic carbocycles. The predicted molar refractivity (Wildman–Crippen MR) is 75.1 cm³/mol. The fraction of sp³-hybridized carbons (Fsp3) is 0.125. The monoisotopic (exact) mass is 283 g/mol. The first kappa shape index (κ1) is 13.2. The standard InChI is InChI=1S/C16H12O5/c1-9(15(17)18)20-10-6-7-12-11-4-2-3-5-13(11)16(19)21-14(12)8-10/h2-9H,1H3,(H,17,18)/p-1/t9-/m0/s1. The molecule has 0 unspecified atom stereocenters. The number of carboxylic acids is 1. The molecule has 0 aliphatic rings. The molecule has 1 heterocycles. The minimum Gasteiger partial charge on any atom is -0.546 e. The van der Waals surface area contributed by atoms with Crippen LogP contribution in [0.5, 0.6) is 5.75 Å². The maximum absolute atomic E-state index is 11.9. The van der Waals surface area contributed by atoms with E-state index in [0.29, 0.717) is 16.7 Å². The highest BCUT2D eigenvalue weighted by atomic mass is 16.5. The highest BCUT2D eigenvalue weighted by Crippen LogP contribution is 2.26. The van der Waals surface area contributed by atoms with Crippen molar-refractivity contribution in [1.29, 1.82) is 0 Å². The van der Waals surface area contributed by atoms with Crippen molar-refractivity contribution in [3.8, 4) is 5.75 Å². The van der Waals surface area contributed by atoms with Crippen LogP contribution in [0.1, 0.15) is 6.92 Å². The first-order valence-electron chi connectivity index (χ1n) is 6.39. The molecule has 0 radical (unpaired) electrons. The number of carbonyl (C=O) groups excluding carboxylic acids is 1. The van der Waals surface area contributed by atoms with Gasteiger partial charge in [-0.05, 0) is 30.5 Å². The number of ether oxygens (including phenoxy) is 1. The lowest BCUT2D eigenvalue weighted by atomic mass is 10.1. The molecule has 5 nitrogen and oxygen atoms in total. The zero-order valence-corrected chi connectivity index (χ0v) is 11.2. The second kappa shape index (κ2) is 4.94. The molecular formula is C16H11O5-. The molecule has 0 N–H and O–H groups in total. The van der Waals surface area contributed by atoms with E-state index in [4.69, 9.17) is 9.15 Å². The van der Waals surface area contributed by atoms with Crippen molar-refractivity contribution in [3.63, 3.8) is 0 Å². The van der Waals surface area contributed by atoms with Crippen LogP contribution in [0.3, 0.4) is 0 Å². The van der Waals surface area contributed by atoms with Gasteiger partial charge in [0.15, 0.2) is 0 Å². The van der Waals surface area contributed by atoms with Crippen LogP contribution in [0.15, 0.2) is 51.7 Å². The SMILES string of the molecule is C[C@H](Oc1ccc2c(c1)oc(=O)c1ccccc12)C(=O)[O-]. The van der Waals surface area contributed by atoms with Crippen LogP contribution in [0.4, 0.5) is 0 Å². The number of fused-ring (bicyclic) bond motifs is 3. The van der Waals surface area contributed by atoms with Crippen molar-refractivity contribution in [2.45, 2.75) is 13.0 Å². The summed E-state index contributed by atoms with van der Waals surface area (Å²) in [6.45, 7) is 1.37.